The molecule has 0 fully saturated rings. The van der Waals surface area contributed by atoms with Crippen molar-refractivity contribution in [1.29, 1.82) is 0 Å². The molecule has 1 rings (SSSR count). The summed E-state index contributed by atoms with van der Waals surface area (Å²) >= 11 is 0. The quantitative estimate of drug-likeness (QED) is 0.0481. The van der Waals surface area contributed by atoms with E-state index in [1.54, 1.807) is 12.1 Å². The Kier molecular flexibility index (Phi) is 26.7. The molecule has 0 aliphatic heterocycles. The van der Waals surface area contributed by atoms with E-state index in [2.05, 4.69) is 20.8 Å². The third kappa shape index (κ3) is 24.8. The monoisotopic (exact) mass is 631 g/mol. The van der Waals surface area contributed by atoms with Crippen molar-refractivity contribution in [3.63, 3.8) is 0 Å². The van der Waals surface area contributed by atoms with Gasteiger partial charge in [-0.05, 0) is 69.9 Å². The van der Waals surface area contributed by atoms with Gasteiger partial charge in [-0.25, -0.2) is 4.79 Å². The van der Waals surface area contributed by atoms with E-state index >= 15 is 0 Å². The number of hydrogen-bond acceptors (Lipinski definition) is 5. The molecule has 0 aromatic heterocycles. The average Bonchev–Trinajstić information content (AvgIpc) is 3.03. The minimum absolute atomic E-state index is 0.0166. The number of unbranched alkanes of at least 4 members (excludes halogenated alkanes) is 16. The summed E-state index contributed by atoms with van der Waals surface area (Å²) in [5, 5.41) is 0. The smallest absolute Gasteiger partial charge is 0.465 e. The lowest BCUT2D eigenvalue weighted by molar-refractivity contribution is -0.145. The van der Waals surface area contributed by atoms with Crippen LogP contribution < -0.4 is 4.74 Å². The fourth-order valence-corrected chi connectivity index (χ4v) is 5.94. The van der Waals surface area contributed by atoms with Crippen molar-refractivity contribution in [1.82, 2.24) is 0 Å². The van der Waals surface area contributed by atoms with Gasteiger partial charge in [0.15, 0.2) is 0 Å². The molecule has 0 saturated heterocycles. The summed E-state index contributed by atoms with van der Waals surface area (Å²) in [5.41, 5.74) is 1.13. The third-order valence-corrected chi connectivity index (χ3v) is 8.93. The Morgan fingerprint density at radius 2 is 1.02 bits per heavy atom. The second-order valence-electron chi connectivity index (χ2n) is 13.4. The molecule has 0 heterocycles. The zero-order valence-electron chi connectivity index (χ0n) is 29.9. The summed E-state index contributed by atoms with van der Waals surface area (Å²) in [6, 6.07) is 7.46. The molecule has 0 radical (unpaired) electrons. The number of esters is 1. The number of ether oxygens (including phenoxy) is 3. The number of benzene rings is 1. The molecular weight excluding hydrogens is 560 g/mol. The van der Waals surface area contributed by atoms with E-state index < -0.39 is 6.16 Å². The van der Waals surface area contributed by atoms with Crippen LogP contribution in [0.15, 0.2) is 24.3 Å². The van der Waals surface area contributed by atoms with E-state index in [9.17, 15) is 9.59 Å². The predicted octanol–water partition coefficient (Wildman–Crippen LogP) is 12.9. The highest BCUT2D eigenvalue weighted by Gasteiger charge is 2.16. The van der Waals surface area contributed by atoms with Gasteiger partial charge in [0.05, 0.1) is 6.61 Å². The maximum absolute atomic E-state index is 12.5. The molecule has 0 amide bonds. The van der Waals surface area contributed by atoms with E-state index in [1.165, 1.54) is 96.3 Å². The van der Waals surface area contributed by atoms with Gasteiger partial charge in [0.2, 0.25) is 0 Å². The summed E-state index contributed by atoms with van der Waals surface area (Å²) in [6.07, 6.45) is 28.1. The third-order valence-electron chi connectivity index (χ3n) is 8.93. The fraction of sp³-hybridized carbons (Fsp3) is 0.800. The van der Waals surface area contributed by atoms with Crippen molar-refractivity contribution < 1.29 is 23.8 Å². The number of carbonyl (C=O) groups excluding carboxylic acids is 2. The zero-order chi connectivity index (χ0) is 32.8. The van der Waals surface area contributed by atoms with Crippen molar-refractivity contribution in [2.75, 3.05) is 6.61 Å². The first-order chi connectivity index (χ1) is 22.0. The van der Waals surface area contributed by atoms with Crippen molar-refractivity contribution in [3.05, 3.63) is 29.8 Å². The van der Waals surface area contributed by atoms with Crippen LogP contribution in [0.4, 0.5) is 4.79 Å². The molecule has 1 aromatic rings. The lowest BCUT2D eigenvalue weighted by Gasteiger charge is -2.18. The standard InChI is InChI=1S/C40H70O5/c1-5-8-11-14-17-21-26-36(25-20-12-9-6-2)34-43-39(41)29-24-19-16-15-18-23-28-37(27-22-13-10-7-3)44-40(42)45-38-32-30-35(4)31-33-38/h30-33,36-37H,5-29,34H2,1-4H3. The second kappa shape index (κ2) is 29.4. The molecule has 0 N–H and O–H groups in total. The first-order valence-corrected chi connectivity index (χ1v) is 19.1. The van der Waals surface area contributed by atoms with Crippen LogP contribution in [0.2, 0.25) is 0 Å². The summed E-state index contributed by atoms with van der Waals surface area (Å²) in [6.45, 7) is 9.34. The van der Waals surface area contributed by atoms with Crippen LogP contribution in [0.1, 0.15) is 187 Å². The van der Waals surface area contributed by atoms with Gasteiger partial charge in [-0.2, -0.15) is 0 Å². The van der Waals surface area contributed by atoms with Gasteiger partial charge in [-0.15, -0.1) is 0 Å². The fourth-order valence-electron chi connectivity index (χ4n) is 5.94. The average molecular weight is 631 g/mol. The number of rotatable bonds is 30. The van der Waals surface area contributed by atoms with E-state index in [0.29, 0.717) is 24.7 Å². The van der Waals surface area contributed by atoms with Gasteiger partial charge in [0.1, 0.15) is 11.9 Å². The van der Waals surface area contributed by atoms with Crippen LogP contribution in [-0.2, 0) is 14.3 Å². The minimum atomic E-state index is -0.601. The van der Waals surface area contributed by atoms with Gasteiger partial charge in [-0.1, -0.05) is 148 Å². The molecule has 0 aliphatic carbocycles. The van der Waals surface area contributed by atoms with E-state index in [1.807, 2.05) is 19.1 Å². The molecule has 1 aromatic carbocycles. The molecule has 0 aliphatic rings. The molecule has 45 heavy (non-hydrogen) atoms. The van der Waals surface area contributed by atoms with Gasteiger partial charge < -0.3 is 14.2 Å². The molecule has 260 valence electrons. The molecule has 2 atom stereocenters. The Balaban J connectivity index is 2.24. The molecule has 5 heteroatoms. The van der Waals surface area contributed by atoms with E-state index in [0.717, 1.165) is 63.4 Å². The van der Waals surface area contributed by atoms with Crippen LogP contribution in [0.25, 0.3) is 0 Å². The zero-order valence-corrected chi connectivity index (χ0v) is 29.9. The van der Waals surface area contributed by atoms with Crippen LogP contribution in [0.5, 0.6) is 5.75 Å². The highest BCUT2D eigenvalue weighted by atomic mass is 16.7. The molecule has 0 bridgehead atoms. The summed E-state index contributed by atoms with van der Waals surface area (Å²) in [5.74, 6) is 1.03. The Labute approximate surface area is 278 Å². The summed E-state index contributed by atoms with van der Waals surface area (Å²) in [7, 11) is 0. The topological polar surface area (TPSA) is 61.8 Å². The van der Waals surface area contributed by atoms with Crippen molar-refractivity contribution in [2.45, 2.75) is 194 Å². The number of aryl methyl sites for hydroxylation is 1. The maximum Gasteiger partial charge on any atom is 0.514 e. The number of carbonyl (C=O) groups is 2. The first-order valence-electron chi connectivity index (χ1n) is 19.1. The van der Waals surface area contributed by atoms with Crippen molar-refractivity contribution >= 4 is 12.1 Å². The highest BCUT2D eigenvalue weighted by molar-refractivity contribution is 5.69. The molecule has 0 spiro atoms. The van der Waals surface area contributed by atoms with Gasteiger partial charge in [0, 0.05) is 6.42 Å². The summed E-state index contributed by atoms with van der Waals surface area (Å²) < 4.78 is 16.9. The second-order valence-corrected chi connectivity index (χ2v) is 13.4. The lowest BCUT2D eigenvalue weighted by atomic mass is 9.95. The van der Waals surface area contributed by atoms with Gasteiger partial charge >= 0.3 is 12.1 Å². The molecular formula is C40H70O5. The number of hydrogen-bond donors (Lipinski definition) is 0. The maximum atomic E-state index is 12.5. The molecule has 5 nitrogen and oxygen atoms in total. The van der Waals surface area contributed by atoms with Crippen molar-refractivity contribution in [3.8, 4) is 5.75 Å². The highest BCUT2D eigenvalue weighted by Crippen LogP contribution is 2.21. The van der Waals surface area contributed by atoms with Gasteiger partial charge in [-0.3, -0.25) is 4.79 Å². The Morgan fingerprint density at radius 1 is 0.578 bits per heavy atom. The van der Waals surface area contributed by atoms with E-state index in [-0.39, 0.29) is 12.1 Å². The Bertz CT molecular complexity index is 820. The summed E-state index contributed by atoms with van der Waals surface area (Å²) in [4.78, 5) is 24.9. The largest absolute Gasteiger partial charge is 0.514 e. The van der Waals surface area contributed by atoms with Crippen molar-refractivity contribution in [2.24, 2.45) is 5.92 Å². The van der Waals surface area contributed by atoms with Crippen LogP contribution in [-0.4, -0.2) is 24.8 Å². The van der Waals surface area contributed by atoms with Crippen LogP contribution in [0, 0.1) is 12.8 Å². The van der Waals surface area contributed by atoms with Gasteiger partial charge in [0.25, 0.3) is 0 Å². The molecule has 2 unspecified atom stereocenters. The minimum Gasteiger partial charge on any atom is -0.465 e. The van der Waals surface area contributed by atoms with Crippen LogP contribution in [0.3, 0.4) is 0 Å². The van der Waals surface area contributed by atoms with Crippen LogP contribution >= 0.6 is 0 Å². The Morgan fingerprint density at radius 3 is 1.56 bits per heavy atom. The van der Waals surface area contributed by atoms with E-state index in [4.69, 9.17) is 14.2 Å². The SMILES string of the molecule is CCCCCCCCC(CCCCCC)COC(=O)CCCCCCCCC(CCCCCC)OC(=O)Oc1ccc(C)cc1. The Hall–Kier alpha value is -2.04. The lowest BCUT2D eigenvalue weighted by Crippen LogP contribution is -2.21. The predicted molar refractivity (Wildman–Crippen MR) is 189 cm³/mol. The first kappa shape index (κ1) is 41.0. The molecule has 0 saturated carbocycles. The normalized spacial score (nSPS) is 12.5.